The van der Waals surface area contributed by atoms with E-state index in [0.29, 0.717) is 13.1 Å². The second-order valence-corrected chi connectivity index (χ2v) is 5.34. The normalized spacial score (nSPS) is 14.9. The molecule has 1 atom stereocenters. The summed E-state index contributed by atoms with van der Waals surface area (Å²) < 4.78 is 5.46. The van der Waals surface area contributed by atoms with Crippen LogP contribution in [0.2, 0.25) is 0 Å². The summed E-state index contributed by atoms with van der Waals surface area (Å²) in [6.07, 6.45) is 0.953. The second kappa shape index (κ2) is 6.06. The number of hydrogen-bond donors (Lipinski definition) is 2. The molecule has 1 aromatic carbocycles. The average Bonchev–Trinajstić information content (AvgIpc) is 2.84. The molecule has 0 aliphatic carbocycles. The molecule has 1 aliphatic heterocycles. The average molecular weight is 262 g/mol. The fraction of sp³-hybridized carbons (Fsp3) is 0.533. The van der Waals surface area contributed by atoms with Crippen molar-refractivity contribution in [2.75, 3.05) is 13.2 Å². The zero-order chi connectivity index (χ0) is 13.8. The van der Waals surface area contributed by atoms with Crippen LogP contribution in [0.4, 0.5) is 0 Å². The Hall–Kier alpha value is -1.55. The number of rotatable bonds is 5. The lowest BCUT2D eigenvalue weighted by Crippen LogP contribution is -2.37. The summed E-state index contributed by atoms with van der Waals surface area (Å²) in [7, 11) is 0. The third-order valence-electron chi connectivity index (χ3n) is 3.62. The number of carbonyl (C=O) groups is 1. The molecular formula is C15H22N2O2. The highest BCUT2D eigenvalue weighted by atomic mass is 16.5. The van der Waals surface area contributed by atoms with Gasteiger partial charge < -0.3 is 15.8 Å². The van der Waals surface area contributed by atoms with Gasteiger partial charge in [0.2, 0.25) is 5.91 Å². The maximum atomic E-state index is 12.0. The largest absolute Gasteiger partial charge is 0.493 e. The molecule has 0 aromatic heterocycles. The lowest BCUT2D eigenvalue weighted by Gasteiger charge is -2.18. The van der Waals surface area contributed by atoms with Crippen LogP contribution in [0, 0.1) is 11.8 Å². The van der Waals surface area contributed by atoms with Crippen LogP contribution < -0.4 is 15.8 Å². The van der Waals surface area contributed by atoms with Crippen molar-refractivity contribution < 1.29 is 9.53 Å². The maximum absolute atomic E-state index is 12.0. The van der Waals surface area contributed by atoms with Crippen molar-refractivity contribution in [3.8, 4) is 5.75 Å². The molecule has 3 N–H and O–H groups in total. The van der Waals surface area contributed by atoms with Crippen LogP contribution in [0.1, 0.15) is 25.0 Å². The molecule has 0 saturated carbocycles. The Kier molecular flexibility index (Phi) is 4.43. The van der Waals surface area contributed by atoms with E-state index in [1.165, 1.54) is 5.56 Å². The Labute approximate surface area is 114 Å². The molecule has 4 heteroatoms. The number of nitrogens with two attached hydrogens (primary N) is 1. The molecule has 0 spiro atoms. The van der Waals surface area contributed by atoms with Gasteiger partial charge in [-0.05, 0) is 23.1 Å². The third-order valence-corrected chi connectivity index (χ3v) is 3.62. The summed E-state index contributed by atoms with van der Waals surface area (Å²) in [5.74, 6) is 1.16. The predicted octanol–water partition coefficient (Wildman–Crippen LogP) is 1.47. The van der Waals surface area contributed by atoms with Crippen molar-refractivity contribution in [1.82, 2.24) is 5.32 Å². The lowest BCUT2D eigenvalue weighted by atomic mass is 9.95. The summed E-state index contributed by atoms with van der Waals surface area (Å²) in [4.78, 5) is 12.0. The van der Waals surface area contributed by atoms with Gasteiger partial charge >= 0.3 is 0 Å². The highest BCUT2D eigenvalue weighted by molar-refractivity contribution is 5.79. The Morgan fingerprint density at radius 3 is 2.95 bits per heavy atom. The van der Waals surface area contributed by atoms with Gasteiger partial charge in [-0.2, -0.15) is 0 Å². The van der Waals surface area contributed by atoms with E-state index in [1.807, 2.05) is 26.0 Å². The molecule has 1 aliphatic rings. The first-order valence-electron chi connectivity index (χ1n) is 6.84. The first-order chi connectivity index (χ1) is 9.11. The lowest BCUT2D eigenvalue weighted by molar-refractivity contribution is -0.126. The molecule has 0 radical (unpaired) electrons. The van der Waals surface area contributed by atoms with Crippen molar-refractivity contribution >= 4 is 5.91 Å². The first-order valence-corrected chi connectivity index (χ1v) is 6.84. The summed E-state index contributed by atoms with van der Waals surface area (Å²) in [6.45, 7) is 5.73. The van der Waals surface area contributed by atoms with E-state index in [9.17, 15) is 4.79 Å². The number of benzene rings is 1. The van der Waals surface area contributed by atoms with E-state index < -0.39 is 0 Å². The summed E-state index contributed by atoms with van der Waals surface area (Å²) in [5, 5.41) is 2.96. The van der Waals surface area contributed by atoms with Crippen molar-refractivity contribution in [3.63, 3.8) is 0 Å². The van der Waals surface area contributed by atoms with Crippen LogP contribution in [0.25, 0.3) is 0 Å². The van der Waals surface area contributed by atoms with Crippen LogP contribution in [0.15, 0.2) is 18.2 Å². The van der Waals surface area contributed by atoms with Crippen molar-refractivity contribution in [3.05, 3.63) is 29.3 Å². The number of amides is 1. The minimum Gasteiger partial charge on any atom is -0.493 e. The van der Waals surface area contributed by atoms with Crippen LogP contribution in [-0.2, 0) is 17.8 Å². The molecule has 0 fully saturated rings. The van der Waals surface area contributed by atoms with E-state index >= 15 is 0 Å². The highest BCUT2D eigenvalue weighted by Gasteiger charge is 2.20. The Balaban J connectivity index is 1.93. The van der Waals surface area contributed by atoms with Crippen LogP contribution >= 0.6 is 0 Å². The molecule has 0 bridgehead atoms. The van der Waals surface area contributed by atoms with Gasteiger partial charge in [0, 0.05) is 19.5 Å². The van der Waals surface area contributed by atoms with Gasteiger partial charge in [-0.15, -0.1) is 0 Å². The van der Waals surface area contributed by atoms with Crippen molar-refractivity contribution in [2.24, 2.45) is 17.6 Å². The van der Waals surface area contributed by atoms with Gasteiger partial charge in [0.1, 0.15) is 5.75 Å². The molecule has 1 aromatic rings. The number of nitrogens with one attached hydrogen (secondary N) is 1. The zero-order valence-electron chi connectivity index (χ0n) is 11.6. The number of carbonyl (C=O) groups excluding carboxylic acids is 1. The molecule has 1 unspecified atom stereocenters. The predicted molar refractivity (Wildman–Crippen MR) is 74.9 cm³/mol. The van der Waals surface area contributed by atoms with Crippen LogP contribution in [-0.4, -0.2) is 19.1 Å². The fourth-order valence-electron chi connectivity index (χ4n) is 2.35. The van der Waals surface area contributed by atoms with Crippen LogP contribution in [0.3, 0.4) is 0 Å². The quantitative estimate of drug-likeness (QED) is 0.844. The smallest absolute Gasteiger partial charge is 0.224 e. The third kappa shape index (κ3) is 3.26. The summed E-state index contributed by atoms with van der Waals surface area (Å²) in [5.41, 5.74) is 7.98. The molecule has 4 nitrogen and oxygen atoms in total. The molecule has 0 saturated heterocycles. The molecule has 2 rings (SSSR count). The Morgan fingerprint density at radius 1 is 1.47 bits per heavy atom. The zero-order valence-corrected chi connectivity index (χ0v) is 11.6. The summed E-state index contributed by atoms with van der Waals surface area (Å²) in [6, 6.07) is 6.08. The van der Waals surface area contributed by atoms with Crippen molar-refractivity contribution in [1.29, 1.82) is 0 Å². The Morgan fingerprint density at radius 2 is 2.26 bits per heavy atom. The van der Waals surface area contributed by atoms with Gasteiger partial charge in [-0.1, -0.05) is 26.0 Å². The second-order valence-electron chi connectivity index (χ2n) is 5.34. The fourth-order valence-corrected chi connectivity index (χ4v) is 2.35. The van der Waals surface area contributed by atoms with Gasteiger partial charge in [0.25, 0.3) is 0 Å². The van der Waals surface area contributed by atoms with E-state index in [-0.39, 0.29) is 17.7 Å². The maximum Gasteiger partial charge on any atom is 0.224 e. The first kappa shape index (κ1) is 13.9. The molecule has 1 amide bonds. The van der Waals surface area contributed by atoms with Gasteiger partial charge in [0.05, 0.1) is 12.5 Å². The van der Waals surface area contributed by atoms with Gasteiger partial charge in [-0.25, -0.2) is 0 Å². The monoisotopic (exact) mass is 262 g/mol. The highest BCUT2D eigenvalue weighted by Crippen LogP contribution is 2.25. The minimum atomic E-state index is -0.113. The number of fused-ring (bicyclic) bond motifs is 1. The van der Waals surface area contributed by atoms with Crippen LogP contribution in [0.5, 0.6) is 5.75 Å². The van der Waals surface area contributed by atoms with Crippen molar-refractivity contribution in [2.45, 2.75) is 26.8 Å². The number of hydrogen-bond acceptors (Lipinski definition) is 3. The van der Waals surface area contributed by atoms with E-state index in [4.69, 9.17) is 10.5 Å². The molecular weight excluding hydrogens is 240 g/mol. The summed E-state index contributed by atoms with van der Waals surface area (Å²) >= 11 is 0. The topological polar surface area (TPSA) is 64.4 Å². The van der Waals surface area contributed by atoms with Gasteiger partial charge in [-0.3, -0.25) is 4.79 Å². The molecule has 104 valence electrons. The van der Waals surface area contributed by atoms with E-state index in [0.717, 1.165) is 24.3 Å². The molecule has 19 heavy (non-hydrogen) atoms. The Bertz CT molecular complexity index is 457. The van der Waals surface area contributed by atoms with E-state index in [1.54, 1.807) is 0 Å². The van der Waals surface area contributed by atoms with E-state index in [2.05, 4.69) is 11.4 Å². The molecule has 1 heterocycles. The number of ether oxygens (including phenoxy) is 1. The SMILES string of the molecule is CC(C)C(CN)C(=O)NCc1ccc2c(c1)CCO2. The van der Waals surface area contributed by atoms with Gasteiger partial charge in [0.15, 0.2) is 0 Å². The standard InChI is InChI=1S/C15H22N2O2/c1-10(2)13(8-16)15(18)17-9-11-3-4-14-12(7-11)5-6-19-14/h3-4,7,10,13H,5-6,8-9,16H2,1-2H3,(H,17,18). The minimum absolute atomic E-state index is 0.0363.